The summed E-state index contributed by atoms with van der Waals surface area (Å²) in [5, 5.41) is 11.9. The molecule has 6 rings (SSSR count). The van der Waals surface area contributed by atoms with E-state index in [4.69, 9.17) is 18.9 Å². The van der Waals surface area contributed by atoms with Gasteiger partial charge in [0.1, 0.15) is 47.5 Å². The number of benzene rings is 2. The highest BCUT2D eigenvalue weighted by atomic mass is 32.2. The monoisotopic (exact) mass is 1290 g/mol. The Hall–Kier alpha value is -5.58. The van der Waals surface area contributed by atoms with Crippen LogP contribution in [0, 0.1) is 10.8 Å². The lowest BCUT2D eigenvalue weighted by atomic mass is 9.83. The maximum absolute atomic E-state index is 14.5. The molecule has 0 spiro atoms. The van der Waals surface area contributed by atoms with E-state index in [2.05, 4.69) is 21.3 Å². The van der Waals surface area contributed by atoms with Crippen molar-refractivity contribution in [1.29, 1.82) is 0 Å². The predicted octanol–water partition coefficient (Wildman–Crippen LogP) is 10.3. The van der Waals surface area contributed by atoms with Crippen LogP contribution in [0.3, 0.4) is 0 Å². The van der Waals surface area contributed by atoms with Crippen LogP contribution in [-0.4, -0.2) is 177 Å². The molecule has 4 aliphatic rings. The lowest BCUT2D eigenvalue weighted by Crippen LogP contribution is -2.58. The van der Waals surface area contributed by atoms with E-state index < -0.39 is 94.4 Å². The molecule has 2 aromatic rings. The molecule has 0 unspecified atom stereocenters. The maximum Gasteiger partial charge on any atom is 0.410 e. The Labute approximate surface area is 544 Å². The number of carbonyl (C=O) groups excluding carboxylic acids is 8. The third kappa shape index (κ3) is 21.0. The van der Waals surface area contributed by atoms with Gasteiger partial charge in [-0.05, 0) is 127 Å². The average Bonchev–Trinajstić information content (AvgIpc) is 1.61. The van der Waals surface area contributed by atoms with Gasteiger partial charge in [-0.2, -0.15) is 0 Å². The number of rotatable bonds is 29. The number of thioether (sulfide) groups is 2. The first-order chi connectivity index (χ1) is 42.4. The van der Waals surface area contributed by atoms with Crippen LogP contribution in [-0.2, 0) is 47.7 Å². The number of hydrogen-bond donors (Lipinski definition) is 4. The van der Waals surface area contributed by atoms with Crippen LogP contribution in [0.4, 0.5) is 9.59 Å². The molecule has 0 aromatic heterocycles. The van der Waals surface area contributed by atoms with Crippen molar-refractivity contribution < 1.29 is 57.3 Å². The number of hydrogen-bond acceptors (Lipinski definition) is 14. The van der Waals surface area contributed by atoms with Gasteiger partial charge in [0, 0.05) is 27.3 Å². The first kappa shape index (κ1) is 73.5. The third-order valence-corrected chi connectivity index (χ3v) is 19.9. The standard InChI is InChI=1S/C68H106N8O12S2/c1-45(73(13)63(83)87-65(3,4)5)57(77)69-49-35-39-89-53-41-67(9,10)55(75(53)61(49)81)59(79)71-51(47-31-25-23-26-32-47)43-85-37-29-21-19-17-15-16-18-20-22-30-38-86-44-52(48-33-27-24-28-34-48)72-60(80)56-68(11,12)42-54-76(56)62(82)50(36-40-90-54)70-58(78)46(2)74(14)64(84)88-66(6,7)8/h23-28,31-34,45-46,49-56H,15-22,29-30,35-44H2,1-14H3,(H,69,77)(H,70,78)(H,71,79)(H,72,80)/t45-,46-,49-,50-,51+,52+,53-,54-,55+,56+/m0/s1. The molecule has 20 nitrogen and oxygen atoms in total. The van der Waals surface area contributed by atoms with Gasteiger partial charge in [0.15, 0.2) is 0 Å². The minimum Gasteiger partial charge on any atom is -0.444 e. The number of amides is 8. The van der Waals surface area contributed by atoms with Crippen molar-refractivity contribution >= 4 is 71.2 Å². The molecule has 2 aromatic carbocycles. The number of carbonyl (C=O) groups is 8. The Morgan fingerprint density at radius 3 is 1.19 bits per heavy atom. The number of likely N-dealkylation sites (N-methyl/N-ethyl adjacent to an activating group) is 2. The number of ether oxygens (including phenoxy) is 4. The van der Waals surface area contributed by atoms with Crippen LogP contribution in [0.15, 0.2) is 60.7 Å². The molecular formula is C68H106N8O12S2. The molecule has 0 aliphatic carbocycles. The Morgan fingerprint density at radius 2 is 0.867 bits per heavy atom. The number of nitrogens with zero attached hydrogens (tertiary/aromatic N) is 4. The highest BCUT2D eigenvalue weighted by Gasteiger charge is 2.56. The van der Waals surface area contributed by atoms with Crippen molar-refractivity contribution in [2.75, 3.05) is 52.0 Å². The lowest BCUT2D eigenvalue weighted by Gasteiger charge is -2.35. The molecule has 0 bridgehead atoms. The second-order valence-electron chi connectivity index (χ2n) is 28.2. The smallest absolute Gasteiger partial charge is 0.410 e. The number of fused-ring (bicyclic) bond motifs is 2. The van der Waals surface area contributed by atoms with Crippen LogP contribution in [0.5, 0.6) is 0 Å². The van der Waals surface area contributed by atoms with Crippen molar-refractivity contribution in [3.8, 4) is 0 Å². The van der Waals surface area contributed by atoms with Gasteiger partial charge in [-0.1, -0.05) is 140 Å². The van der Waals surface area contributed by atoms with E-state index in [1.807, 2.05) is 88.4 Å². The fourth-order valence-electron chi connectivity index (χ4n) is 12.2. The zero-order valence-electron chi connectivity index (χ0n) is 56.2. The fraction of sp³-hybridized carbons (Fsp3) is 0.706. The fourth-order valence-corrected chi connectivity index (χ4v) is 15.3. The topological polar surface area (TPSA) is 235 Å². The van der Waals surface area contributed by atoms with Gasteiger partial charge in [-0.3, -0.25) is 38.6 Å². The lowest BCUT2D eigenvalue weighted by molar-refractivity contribution is -0.144. The quantitative estimate of drug-likeness (QED) is 0.0555. The van der Waals surface area contributed by atoms with Crippen LogP contribution >= 0.6 is 23.5 Å². The summed E-state index contributed by atoms with van der Waals surface area (Å²) < 4.78 is 23.4. The zero-order chi connectivity index (χ0) is 66.1. The Bertz CT molecular complexity index is 2530. The highest BCUT2D eigenvalue weighted by molar-refractivity contribution is 8.00. The highest BCUT2D eigenvalue weighted by Crippen LogP contribution is 2.48. The van der Waals surface area contributed by atoms with E-state index in [1.54, 1.807) is 88.7 Å². The normalized spacial score (nSPS) is 22.7. The number of nitrogens with one attached hydrogen (secondary N) is 4. The van der Waals surface area contributed by atoms with Crippen molar-refractivity contribution in [3.63, 3.8) is 0 Å². The van der Waals surface area contributed by atoms with Crippen LogP contribution in [0.2, 0.25) is 0 Å². The van der Waals surface area contributed by atoms with E-state index >= 15 is 0 Å². The van der Waals surface area contributed by atoms with Gasteiger partial charge >= 0.3 is 12.2 Å². The van der Waals surface area contributed by atoms with E-state index in [0.717, 1.165) is 75.3 Å². The molecule has 8 amide bonds. The zero-order valence-corrected chi connectivity index (χ0v) is 57.8. The van der Waals surface area contributed by atoms with E-state index in [-0.39, 0.29) is 47.6 Å². The summed E-state index contributed by atoms with van der Waals surface area (Å²) in [7, 11) is 2.99. The minimum atomic E-state index is -0.898. The van der Waals surface area contributed by atoms with Crippen molar-refractivity contribution in [2.45, 2.75) is 243 Å². The largest absolute Gasteiger partial charge is 0.444 e. The van der Waals surface area contributed by atoms with E-state index in [1.165, 1.54) is 23.9 Å². The second-order valence-corrected chi connectivity index (χ2v) is 30.8. The van der Waals surface area contributed by atoms with Gasteiger partial charge in [-0.25, -0.2) is 9.59 Å². The maximum atomic E-state index is 14.5. The molecule has 502 valence electrons. The SMILES string of the molecule is C[C@@H](C(=O)N[C@H]1CCS[C@H]2CC(C)(C)[C@@H](C(=O)N[C@H](COCCCCCCCCCCCCOC[C@@H](NC(=O)[C@H]3N4C(=O)[C@@H](NC(=O)[C@H](C)N(C)C(=O)OC(C)(C)C)CCS[C@H]4CC3(C)C)c3ccccc3)c3ccccc3)N2C1=O)N(C)C(=O)OC(C)(C)C. The first-order valence-corrected chi connectivity index (χ1v) is 34.8. The van der Waals surface area contributed by atoms with Crippen LogP contribution < -0.4 is 21.3 Å². The predicted molar refractivity (Wildman–Crippen MR) is 353 cm³/mol. The summed E-state index contributed by atoms with van der Waals surface area (Å²) in [4.78, 5) is 116. The molecule has 4 heterocycles. The van der Waals surface area contributed by atoms with E-state index in [9.17, 15) is 38.4 Å². The van der Waals surface area contributed by atoms with Gasteiger partial charge in [0.05, 0.1) is 36.0 Å². The molecule has 4 aliphatic heterocycles. The Morgan fingerprint density at radius 1 is 0.544 bits per heavy atom. The molecule has 0 saturated carbocycles. The molecule has 4 N–H and O–H groups in total. The Balaban J connectivity index is 0.887. The summed E-state index contributed by atoms with van der Waals surface area (Å²) in [6, 6.07) is 13.5. The van der Waals surface area contributed by atoms with E-state index in [0.29, 0.717) is 50.4 Å². The van der Waals surface area contributed by atoms with Crippen molar-refractivity contribution in [2.24, 2.45) is 10.8 Å². The molecule has 4 fully saturated rings. The molecule has 22 heteroatoms. The number of unbranched alkanes of at least 4 members (excludes halogenated alkanes) is 9. The molecule has 0 radical (unpaired) electrons. The summed E-state index contributed by atoms with van der Waals surface area (Å²) in [5.41, 5.74) is -0.766. The van der Waals surface area contributed by atoms with Gasteiger partial charge < -0.3 is 50.0 Å². The van der Waals surface area contributed by atoms with Gasteiger partial charge in [0.2, 0.25) is 35.4 Å². The summed E-state index contributed by atoms with van der Waals surface area (Å²) in [6.45, 7) is 23.4. The molecule has 4 saturated heterocycles. The van der Waals surface area contributed by atoms with Crippen LogP contribution in [0.25, 0.3) is 0 Å². The van der Waals surface area contributed by atoms with Crippen molar-refractivity contribution in [1.82, 2.24) is 40.9 Å². The summed E-state index contributed by atoms with van der Waals surface area (Å²) in [5.74, 6) is -0.863. The second kappa shape index (κ2) is 33.3. The van der Waals surface area contributed by atoms with Crippen molar-refractivity contribution in [3.05, 3.63) is 71.8 Å². The summed E-state index contributed by atoms with van der Waals surface area (Å²) >= 11 is 3.25. The molecule has 10 atom stereocenters. The van der Waals surface area contributed by atoms with Gasteiger partial charge in [0.25, 0.3) is 0 Å². The Kier molecular flexibility index (Phi) is 27.2. The average molecular weight is 1290 g/mol. The minimum absolute atomic E-state index is 0.234. The molecule has 90 heavy (non-hydrogen) atoms. The van der Waals surface area contributed by atoms with Crippen LogP contribution in [0.1, 0.15) is 196 Å². The molecular weight excluding hydrogens is 1180 g/mol. The third-order valence-electron chi connectivity index (χ3n) is 17.4. The van der Waals surface area contributed by atoms with Gasteiger partial charge in [-0.15, -0.1) is 23.5 Å². The summed E-state index contributed by atoms with van der Waals surface area (Å²) in [6.07, 6.45) is 11.4. The first-order valence-electron chi connectivity index (χ1n) is 32.7.